The van der Waals surface area contributed by atoms with E-state index in [0.29, 0.717) is 0 Å². The molecule has 19 heavy (non-hydrogen) atoms. The highest BCUT2D eigenvalue weighted by molar-refractivity contribution is 6.05. The van der Waals surface area contributed by atoms with Crippen LogP contribution in [0.15, 0.2) is 41.2 Å². The van der Waals surface area contributed by atoms with Crippen LogP contribution in [-0.4, -0.2) is 5.91 Å². The first kappa shape index (κ1) is 13.0. The Labute approximate surface area is 106 Å². The van der Waals surface area contributed by atoms with E-state index < -0.39 is 17.6 Å². The molecule has 1 aromatic carbocycles. The first-order chi connectivity index (χ1) is 8.88. The zero-order valence-electron chi connectivity index (χ0n) is 9.49. The summed E-state index contributed by atoms with van der Waals surface area (Å²) in [5, 5.41) is 2.40. The molecule has 0 bridgehead atoms. The Morgan fingerprint density at radius 2 is 2.00 bits per heavy atom. The minimum atomic E-state index is -4.47. The van der Waals surface area contributed by atoms with Crippen molar-refractivity contribution in [3.63, 3.8) is 0 Å². The van der Waals surface area contributed by atoms with E-state index in [1.165, 1.54) is 18.6 Å². The number of amides is 1. The van der Waals surface area contributed by atoms with Crippen LogP contribution in [0.1, 0.15) is 15.9 Å². The van der Waals surface area contributed by atoms with Gasteiger partial charge in [-0.1, -0.05) is 0 Å². The van der Waals surface area contributed by atoms with Crippen LogP contribution in [0.4, 0.5) is 24.5 Å². The Morgan fingerprint density at radius 3 is 2.53 bits per heavy atom. The minimum absolute atomic E-state index is 0.110. The van der Waals surface area contributed by atoms with E-state index in [1.54, 1.807) is 0 Å². The van der Waals surface area contributed by atoms with E-state index >= 15 is 0 Å². The van der Waals surface area contributed by atoms with Crippen LogP contribution in [0.5, 0.6) is 0 Å². The Kier molecular flexibility index (Phi) is 3.20. The number of anilines is 2. The van der Waals surface area contributed by atoms with Gasteiger partial charge in [0.1, 0.15) is 6.26 Å². The van der Waals surface area contributed by atoms with Crippen molar-refractivity contribution >= 4 is 17.3 Å². The van der Waals surface area contributed by atoms with Gasteiger partial charge in [0.2, 0.25) is 0 Å². The lowest BCUT2D eigenvalue weighted by Gasteiger charge is -2.11. The number of halogens is 3. The standard InChI is InChI=1S/C12H9F3N2O2/c13-12(14,15)8-1-2-10(9(16)5-8)17-11(18)7-3-4-19-6-7/h1-6H,16H2,(H,17,18). The predicted octanol–water partition coefficient (Wildman–Crippen LogP) is 3.13. The van der Waals surface area contributed by atoms with Gasteiger partial charge in [-0.3, -0.25) is 4.79 Å². The molecule has 0 saturated heterocycles. The fourth-order valence-electron chi connectivity index (χ4n) is 1.44. The molecular weight excluding hydrogens is 261 g/mol. The van der Waals surface area contributed by atoms with Gasteiger partial charge in [0.05, 0.1) is 28.8 Å². The Hall–Kier alpha value is -2.44. The molecule has 0 spiro atoms. The molecule has 3 N–H and O–H groups in total. The molecule has 7 heteroatoms. The Bertz CT molecular complexity index is 592. The maximum absolute atomic E-state index is 12.4. The first-order valence-electron chi connectivity index (χ1n) is 5.18. The summed E-state index contributed by atoms with van der Waals surface area (Å²) in [7, 11) is 0. The van der Waals surface area contributed by atoms with Crippen molar-refractivity contribution in [2.24, 2.45) is 0 Å². The maximum Gasteiger partial charge on any atom is 0.416 e. The zero-order chi connectivity index (χ0) is 14.0. The lowest BCUT2D eigenvalue weighted by molar-refractivity contribution is -0.137. The van der Waals surface area contributed by atoms with Crippen LogP contribution >= 0.6 is 0 Å². The number of rotatable bonds is 2. The first-order valence-corrected chi connectivity index (χ1v) is 5.18. The van der Waals surface area contributed by atoms with E-state index in [2.05, 4.69) is 5.32 Å². The van der Waals surface area contributed by atoms with Crippen molar-refractivity contribution in [1.29, 1.82) is 0 Å². The van der Waals surface area contributed by atoms with E-state index in [1.807, 2.05) is 0 Å². The van der Waals surface area contributed by atoms with E-state index in [-0.39, 0.29) is 16.9 Å². The number of alkyl halides is 3. The summed E-state index contributed by atoms with van der Waals surface area (Å²) in [4.78, 5) is 11.7. The molecule has 1 heterocycles. The van der Waals surface area contributed by atoms with Gasteiger partial charge in [-0.2, -0.15) is 13.2 Å². The SMILES string of the molecule is Nc1cc(C(F)(F)F)ccc1NC(=O)c1ccoc1. The van der Waals surface area contributed by atoms with Gasteiger partial charge in [0, 0.05) is 0 Å². The molecule has 0 unspecified atom stereocenters. The molecular formula is C12H9F3N2O2. The molecule has 4 nitrogen and oxygen atoms in total. The molecule has 1 amide bonds. The van der Waals surface area contributed by atoms with Gasteiger partial charge >= 0.3 is 6.18 Å². The summed E-state index contributed by atoms with van der Waals surface area (Å²) >= 11 is 0. The summed E-state index contributed by atoms with van der Waals surface area (Å²) in [5.41, 5.74) is 4.81. The van der Waals surface area contributed by atoms with Crippen LogP contribution in [-0.2, 0) is 6.18 Å². The van der Waals surface area contributed by atoms with Gasteiger partial charge in [-0.15, -0.1) is 0 Å². The van der Waals surface area contributed by atoms with Gasteiger partial charge in [-0.25, -0.2) is 0 Å². The summed E-state index contributed by atoms with van der Waals surface area (Å²) < 4.78 is 42.0. The van der Waals surface area contributed by atoms with Gasteiger partial charge < -0.3 is 15.5 Å². The molecule has 0 aliphatic carbocycles. The number of hydrogen-bond acceptors (Lipinski definition) is 3. The molecule has 0 saturated carbocycles. The fraction of sp³-hybridized carbons (Fsp3) is 0.0833. The predicted molar refractivity (Wildman–Crippen MR) is 62.5 cm³/mol. The second kappa shape index (κ2) is 4.68. The van der Waals surface area contributed by atoms with E-state index in [9.17, 15) is 18.0 Å². The van der Waals surface area contributed by atoms with Crippen LogP contribution in [0.2, 0.25) is 0 Å². The van der Waals surface area contributed by atoms with Crippen molar-refractivity contribution in [3.8, 4) is 0 Å². The molecule has 100 valence electrons. The van der Waals surface area contributed by atoms with Crippen LogP contribution < -0.4 is 11.1 Å². The third-order valence-electron chi connectivity index (χ3n) is 2.41. The molecule has 0 aliphatic rings. The van der Waals surface area contributed by atoms with Crippen molar-refractivity contribution in [2.75, 3.05) is 11.1 Å². The average Bonchev–Trinajstić information content (AvgIpc) is 2.84. The maximum atomic E-state index is 12.4. The number of nitrogen functional groups attached to an aromatic ring is 1. The van der Waals surface area contributed by atoms with Crippen molar-refractivity contribution in [3.05, 3.63) is 47.9 Å². The smallest absolute Gasteiger partial charge is 0.416 e. The number of nitrogens with two attached hydrogens (primary N) is 1. The van der Waals surface area contributed by atoms with Crippen molar-refractivity contribution < 1.29 is 22.4 Å². The Morgan fingerprint density at radius 1 is 1.26 bits per heavy atom. The summed E-state index contributed by atoms with van der Waals surface area (Å²) in [6.45, 7) is 0. The van der Waals surface area contributed by atoms with E-state index in [4.69, 9.17) is 10.2 Å². The molecule has 0 atom stereocenters. The molecule has 0 fully saturated rings. The summed E-state index contributed by atoms with van der Waals surface area (Å²) in [6, 6.07) is 4.15. The minimum Gasteiger partial charge on any atom is -0.472 e. The third kappa shape index (κ3) is 2.87. The monoisotopic (exact) mass is 270 g/mol. The summed E-state index contributed by atoms with van der Waals surface area (Å²) in [5.74, 6) is -0.514. The zero-order valence-corrected chi connectivity index (χ0v) is 9.49. The van der Waals surface area contributed by atoms with Gasteiger partial charge in [-0.05, 0) is 24.3 Å². The highest BCUT2D eigenvalue weighted by Crippen LogP contribution is 2.32. The highest BCUT2D eigenvalue weighted by Gasteiger charge is 2.30. The largest absolute Gasteiger partial charge is 0.472 e. The molecule has 2 rings (SSSR count). The topological polar surface area (TPSA) is 68.3 Å². The molecule has 0 aliphatic heterocycles. The second-order valence-corrected chi connectivity index (χ2v) is 3.77. The normalized spacial score (nSPS) is 11.3. The quantitative estimate of drug-likeness (QED) is 0.824. The molecule has 0 radical (unpaired) electrons. The average molecular weight is 270 g/mol. The van der Waals surface area contributed by atoms with Crippen molar-refractivity contribution in [1.82, 2.24) is 0 Å². The van der Waals surface area contributed by atoms with Gasteiger partial charge in [0.25, 0.3) is 5.91 Å². The number of benzene rings is 1. The van der Waals surface area contributed by atoms with Crippen molar-refractivity contribution in [2.45, 2.75) is 6.18 Å². The molecule has 2 aromatic rings. The second-order valence-electron chi connectivity index (χ2n) is 3.77. The van der Waals surface area contributed by atoms with E-state index in [0.717, 1.165) is 18.2 Å². The lowest BCUT2D eigenvalue weighted by atomic mass is 10.1. The highest BCUT2D eigenvalue weighted by atomic mass is 19.4. The summed E-state index contributed by atoms with van der Waals surface area (Å²) in [6.07, 6.45) is -1.94. The van der Waals surface area contributed by atoms with Crippen LogP contribution in [0.3, 0.4) is 0 Å². The third-order valence-corrected chi connectivity index (χ3v) is 2.41. The fourth-order valence-corrected chi connectivity index (χ4v) is 1.44. The van der Waals surface area contributed by atoms with Crippen LogP contribution in [0.25, 0.3) is 0 Å². The lowest BCUT2D eigenvalue weighted by Crippen LogP contribution is -2.13. The Balaban J connectivity index is 2.21. The molecule has 1 aromatic heterocycles. The number of furan rings is 1. The number of hydrogen-bond donors (Lipinski definition) is 2. The number of carbonyl (C=O) groups is 1. The van der Waals surface area contributed by atoms with Gasteiger partial charge in [0.15, 0.2) is 0 Å². The number of carbonyl (C=O) groups excluding carboxylic acids is 1. The number of nitrogens with one attached hydrogen (secondary N) is 1. The van der Waals surface area contributed by atoms with Crippen LogP contribution in [0, 0.1) is 0 Å².